The molecule has 2 aromatic rings. The number of benzene rings is 2. The van der Waals surface area contributed by atoms with Crippen molar-refractivity contribution in [3.63, 3.8) is 0 Å². The van der Waals surface area contributed by atoms with Crippen LogP contribution in [0.25, 0.3) is 0 Å². The number of sulfonamides is 1. The average molecular weight is 474 g/mol. The minimum Gasteiger partial charge on any atom is -0.354 e. The molecular formula is C25H35N3O4S. The summed E-state index contributed by atoms with van der Waals surface area (Å²) < 4.78 is 26.2. The lowest BCUT2D eigenvalue weighted by Crippen LogP contribution is -2.52. The summed E-state index contributed by atoms with van der Waals surface area (Å²) in [5.74, 6) is -0.675. The molecule has 0 aliphatic carbocycles. The molecule has 180 valence electrons. The highest BCUT2D eigenvalue weighted by Gasteiger charge is 2.29. The summed E-state index contributed by atoms with van der Waals surface area (Å²) in [5.41, 5.74) is 2.53. The Morgan fingerprint density at radius 2 is 1.61 bits per heavy atom. The van der Waals surface area contributed by atoms with Gasteiger partial charge in [-0.15, -0.1) is 0 Å². The Balaban J connectivity index is 2.27. The first-order valence-corrected chi connectivity index (χ1v) is 13.2. The van der Waals surface area contributed by atoms with Crippen LogP contribution < -0.4 is 9.62 Å². The van der Waals surface area contributed by atoms with Gasteiger partial charge in [-0.3, -0.25) is 13.9 Å². The monoisotopic (exact) mass is 473 g/mol. The minimum absolute atomic E-state index is 0.253. The Hall–Kier alpha value is -2.87. The minimum atomic E-state index is -3.71. The van der Waals surface area contributed by atoms with E-state index < -0.39 is 22.0 Å². The number of nitrogens with zero attached hydrogens (tertiary/aromatic N) is 2. The number of nitrogens with one attached hydrogen (secondary N) is 1. The van der Waals surface area contributed by atoms with Gasteiger partial charge in [0.1, 0.15) is 12.6 Å². The van der Waals surface area contributed by atoms with Crippen molar-refractivity contribution in [3.05, 3.63) is 65.7 Å². The first-order chi connectivity index (χ1) is 15.7. The Bertz CT molecular complexity index is 1010. The van der Waals surface area contributed by atoms with E-state index in [4.69, 9.17) is 0 Å². The van der Waals surface area contributed by atoms with E-state index in [2.05, 4.69) is 5.32 Å². The van der Waals surface area contributed by atoms with Crippen molar-refractivity contribution in [2.45, 2.75) is 46.1 Å². The van der Waals surface area contributed by atoms with Gasteiger partial charge in [0, 0.05) is 13.1 Å². The average Bonchev–Trinajstić information content (AvgIpc) is 2.81. The van der Waals surface area contributed by atoms with E-state index in [9.17, 15) is 18.0 Å². The third kappa shape index (κ3) is 7.89. The number of amides is 2. The fourth-order valence-corrected chi connectivity index (χ4v) is 4.33. The third-order valence-corrected chi connectivity index (χ3v) is 6.65. The van der Waals surface area contributed by atoms with Crippen LogP contribution in [0.2, 0.25) is 0 Å². The first kappa shape index (κ1) is 26.4. The lowest BCUT2D eigenvalue weighted by molar-refractivity contribution is -0.138. The van der Waals surface area contributed by atoms with Crippen LogP contribution in [0.3, 0.4) is 0 Å². The molecule has 0 saturated heterocycles. The molecule has 1 unspecified atom stereocenters. The lowest BCUT2D eigenvalue weighted by Gasteiger charge is -2.31. The molecule has 0 aliphatic rings. The van der Waals surface area contributed by atoms with Crippen LogP contribution in [0.4, 0.5) is 5.69 Å². The van der Waals surface area contributed by atoms with Crippen molar-refractivity contribution in [1.82, 2.24) is 10.2 Å². The zero-order valence-electron chi connectivity index (χ0n) is 20.0. The summed E-state index contributed by atoms with van der Waals surface area (Å²) in [5, 5.41) is 2.83. The second-order valence-electron chi connectivity index (χ2n) is 8.08. The smallest absolute Gasteiger partial charge is 0.244 e. The first-order valence-electron chi connectivity index (χ1n) is 11.3. The van der Waals surface area contributed by atoms with Gasteiger partial charge in [-0.2, -0.15) is 0 Å². The molecule has 33 heavy (non-hydrogen) atoms. The van der Waals surface area contributed by atoms with Crippen molar-refractivity contribution >= 4 is 27.5 Å². The molecule has 0 aliphatic heterocycles. The van der Waals surface area contributed by atoms with E-state index in [1.807, 2.05) is 56.3 Å². The maximum Gasteiger partial charge on any atom is 0.244 e. The fraction of sp³-hybridized carbons (Fsp3) is 0.440. The Morgan fingerprint density at radius 3 is 2.15 bits per heavy atom. The number of rotatable bonds is 12. The van der Waals surface area contributed by atoms with Crippen molar-refractivity contribution in [2.75, 3.05) is 30.2 Å². The molecule has 0 heterocycles. The molecule has 0 bridgehead atoms. The number of hydrogen-bond donors (Lipinski definition) is 1. The van der Waals surface area contributed by atoms with Crippen LogP contribution in [0, 0.1) is 0 Å². The second-order valence-corrected chi connectivity index (χ2v) is 9.99. The van der Waals surface area contributed by atoms with Crippen molar-refractivity contribution in [2.24, 2.45) is 0 Å². The quantitative estimate of drug-likeness (QED) is 0.513. The van der Waals surface area contributed by atoms with Crippen LogP contribution >= 0.6 is 0 Å². The topological polar surface area (TPSA) is 86.8 Å². The van der Waals surface area contributed by atoms with Crippen LogP contribution in [-0.4, -0.2) is 57.1 Å². The molecule has 0 spiro atoms. The van der Waals surface area contributed by atoms with Crippen LogP contribution in [0.1, 0.15) is 38.3 Å². The van der Waals surface area contributed by atoms with E-state index in [0.717, 1.165) is 34.5 Å². The highest BCUT2D eigenvalue weighted by molar-refractivity contribution is 7.92. The van der Waals surface area contributed by atoms with Gasteiger partial charge in [0.25, 0.3) is 0 Å². The van der Waals surface area contributed by atoms with Gasteiger partial charge >= 0.3 is 0 Å². The predicted octanol–water partition coefficient (Wildman–Crippen LogP) is 3.00. The summed E-state index contributed by atoms with van der Waals surface area (Å²) in [6, 6.07) is 16.1. The number of hydrogen-bond acceptors (Lipinski definition) is 4. The van der Waals surface area contributed by atoms with E-state index in [-0.39, 0.29) is 12.5 Å². The summed E-state index contributed by atoms with van der Waals surface area (Å²) in [6.07, 6.45) is 3.25. The van der Waals surface area contributed by atoms with E-state index in [1.54, 1.807) is 19.1 Å². The normalized spacial score (nSPS) is 12.1. The molecule has 0 radical (unpaired) electrons. The second kappa shape index (κ2) is 12.4. The molecular weight excluding hydrogens is 438 g/mol. The number of aryl methyl sites for hydroxylation is 1. The summed E-state index contributed by atoms with van der Waals surface area (Å²) in [7, 11) is -3.71. The Morgan fingerprint density at radius 1 is 0.970 bits per heavy atom. The zero-order valence-corrected chi connectivity index (χ0v) is 20.8. The van der Waals surface area contributed by atoms with Crippen LogP contribution in [-0.2, 0) is 32.5 Å². The molecule has 1 N–H and O–H groups in total. The van der Waals surface area contributed by atoms with Crippen LogP contribution in [0.15, 0.2) is 54.6 Å². The summed E-state index contributed by atoms with van der Waals surface area (Å²) in [4.78, 5) is 27.5. The molecule has 8 heteroatoms. The number of carbonyl (C=O) groups excluding carboxylic acids is 2. The lowest BCUT2D eigenvalue weighted by atomic mass is 10.1. The maximum absolute atomic E-state index is 13.4. The Kier molecular flexibility index (Phi) is 9.91. The standard InChI is InChI=1S/C25H35N3O4S/c1-5-17-26-25(30)20(3)27(18-16-22-10-8-7-9-11-22)24(29)19-28(33(4,31)32)23-14-12-21(6-2)13-15-23/h7-15,20H,5-6,16-19H2,1-4H3,(H,26,30). The predicted molar refractivity (Wildman–Crippen MR) is 133 cm³/mol. The van der Waals surface area contributed by atoms with Gasteiger partial charge in [0.2, 0.25) is 21.8 Å². The maximum atomic E-state index is 13.4. The van der Waals surface area contributed by atoms with Gasteiger partial charge < -0.3 is 10.2 Å². The fourth-order valence-electron chi connectivity index (χ4n) is 3.48. The SMILES string of the molecule is CCCNC(=O)C(C)N(CCc1ccccc1)C(=O)CN(c1ccc(CC)cc1)S(C)(=O)=O. The highest BCUT2D eigenvalue weighted by Crippen LogP contribution is 2.19. The highest BCUT2D eigenvalue weighted by atomic mass is 32.2. The van der Waals surface area contributed by atoms with E-state index >= 15 is 0 Å². The molecule has 2 rings (SSSR count). The van der Waals surface area contributed by atoms with E-state index in [0.29, 0.717) is 25.2 Å². The molecule has 0 fully saturated rings. The molecule has 0 saturated carbocycles. The van der Waals surface area contributed by atoms with E-state index in [1.165, 1.54) is 4.90 Å². The van der Waals surface area contributed by atoms with Gasteiger partial charge in [0.05, 0.1) is 11.9 Å². The summed E-state index contributed by atoms with van der Waals surface area (Å²) >= 11 is 0. The molecule has 0 aromatic heterocycles. The number of carbonyl (C=O) groups is 2. The van der Waals surface area contributed by atoms with Gasteiger partial charge in [-0.05, 0) is 49.4 Å². The number of anilines is 1. The Labute approximate surface area is 197 Å². The van der Waals surface area contributed by atoms with Crippen LogP contribution in [0.5, 0.6) is 0 Å². The zero-order chi connectivity index (χ0) is 24.4. The largest absolute Gasteiger partial charge is 0.354 e. The van der Waals surface area contributed by atoms with Crippen molar-refractivity contribution in [1.29, 1.82) is 0 Å². The third-order valence-electron chi connectivity index (χ3n) is 5.51. The molecule has 2 aromatic carbocycles. The van der Waals surface area contributed by atoms with Gasteiger partial charge in [-0.1, -0.05) is 56.3 Å². The van der Waals surface area contributed by atoms with Gasteiger partial charge in [-0.25, -0.2) is 8.42 Å². The van der Waals surface area contributed by atoms with Gasteiger partial charge in [0.15, 0.2) is 0 Å². The molecule has 7 nitrogen and oxygen atoms in total. The van der Waals surface area contributed by atoms with Crippen molar-refractivity contribution < 1.29 is 18.0 Å². The molecule has 1 atom stereocenters. The molecule has 2 amide bonds. The van der Waals surface area contributed by atoms with Crippen molar-refractivity contribution in [3.8, 4) is 0 Å². The summed E-state index contributed by atoms with van der Waals surface area (Å²) in [6.45, 7) is 6.10.